The van der Waals surface area contributed by atoms with Gasteiger partial charge in [-0.25, -0.2) is 4.98 Å². The van der Waals surface area contributed by atoms with E-state index in [0.717, 1.165) is 64.2 Å². The molecule has 0 bridgehead atoms. The molecule has 9 nitrogen and oxygen atoms in total. The van der Waals surface area contributed by atoms with Crippen molar-refractivity contribution in [2.45, 2.75) is 129 Å². The molecule has 1 aromatic heterocycles. The third-order valence-electron chi connectivity index (χ3n) is 8.42. The number of amides is 1. The predicted molar refractivity (Wildman–Crippen MR) is 167 cm³/mol. The minimum atomic E-state index is -0.709. The topological polar surface area (TPSA) is 101 Å². The van der Waals surface area contributed by atoms with Crippen LogP contribution in [0.5, 0.6) is 0 Å². The van der Waals surface area contributed by atoms with Gasteiger partial charge in [-0.05, 0) is 38.3 Å². The van der Waals surface area contributed by atoms with Gasteiger partial charge in [-0.1, -0.05) is 96.8 Å². The van der Waals surface area contributed by atoms with E-state index in [9.17, 15) is 14.9 Å². The number of nitrogens with zero attached hydrogens (tertiary/aromatic N) is 4. The summed E-state index contributed by atoms with van der Waals surface area (Å²) in [5, 5.41) is 12.4. The Hall–Kier alpha value is -2.42. The summed E-state index contributed by atoms with van der Waals surface area (Å²) in [6.07, 6.45) is 22.4. The highest BCUT2D eigenvalue weighted by Crippen LogP contribution is 2.17. The summed E-state index contributed by atoms with van der Waals surface area (Å²) in [5.74, 6) is 0.945. The second kappa shape index (κ2) is 22.2. The first-order valence-electron chi connectivity index (χ1n) is 16.5. The summed E-state index contributed by atoms with van der Waals surface area (Å²) in [5.41, 5.74) is 0.643. The summed E-state index contributed by atoms with van der Waals surface area (Å²) in [4.78, 5) is 36.3. The average molecular weight is 576 g/mol. The van der Waals surface area contributed by atoms with Gasteiger partial charge in [-0.3, -0.25) is 9.69 Å². The number of pyridine rings is 1. The van der Waals surface area contributed by atoms with Crippen molar-refractivity contribution in [1.29, 1.82) is 0 Å². The molecule has 1 aromatic rings. The monoisotopic (exact) mass is 575 g/mol. The number of nitrogens with one attached hydrogen (secondary N) is 1. The SMILES string of the molecule is CCC(C)N1CCN(c2ccc(C(=O)NCCCCCCCCCCCCCCCCCCO[N+](=O)[O-])cn2)CC1. The van der Waals surface area contributed by atoms with Crippen LogP contribution in [0.1, 0.15) is 133 Å². The smallest absolute Gasteiger partial charge is 0.294 e. The standard InChI is InChI=1S/C32H57N5O4/c1-3-29(2)35-23-25-36(26-24-35)31-21-20-30(28-34-31)32(38)33-22-18-16-14-12-10-8-6-4-5-7-9-11-13-15-17-19-27-41-37(39)40/h20-21,28-29H,3-19,22-27H2,1-2H3,(H,33,38). The minimum Gasteiger partial charge on any atom is -0.354 e. The van der Waals surface area contributed by atoms with Crippen LogP contribution in [-0.4, -0.2) is 66.3 Å². The maximum atomic E-state index is 12.5. The molecule has 234 valence electrons. The number of aromatic nitrogens is 1. The fourth-order valence-corrected chi connectivity index (χ4v) is 5.50. The first kappa shape index (κ1) is 34.8. The summed E-state index contributed by atoms with van der Waals surface area (Å²) in [6.45, 7) is 9.61. The zero-order chi connectivity index (χ0) is 29.5. The fourth-order valence-electron chi connectivity index (χ4n) is 5.50. The van der Waals surface area contributed by atoms with Crippen LogP contribution < -0.4 is 10.2 Å². The predicted octanol–water partition coefficient (Wildman–Crippen LogP) is 7.18. The van der Waals surface area contributed by atoms with Crippen LogP contribution in [-0.2, 0) is 4.84 Å². The number of hydrogen-bond donors (Lipinski definition) is 1. The third-order valence-corrected chi connectivity index (χ3v) is 8.42. The zero-order valence-electron chi connectivity index (χ0n) is 26.0. The van der Waals surface area contributed by atoms with E-state index in [1.165, 1.54) is 83.5 Å². The molecule has 1 fully saturated rings. The van der Waals surface area contributed by atoms with Gasteiger partial charge < -0.3 is 15.1 Å². The normalized spacial score (nSPS) is 14.6. The van der Waals surface area contributed by atoms with E-state index in [4.69, 9.17) is 0 Å². The first-order valence-corrected chi connectivity index (χ1v) is 16.5. The van der Waals surface area contributed by atoms with Gasteiger partial charge in [-0.2, -0.15) is 0 Å². The van der Waals surface area contributed by atoms with Crippen molar-refractivity contribution < 1.29 is 14.7 Å². The second-order valence-corrected chi connectivity index (χ2v) is 11.7. The van der Waals surface area contributed by atoms with Gasteiger partial charge in [0.05, 0.1) is 12.2 Å². The molecular formula is C32H57N5O4. The van der Waals surface area contributed by atoms with Crippen molar-refractivity contribution in [3.05, 3.63) is 34.0 Å². The van der Waals surface area contributed by atoms with Crippen LogP contribution in [0.4, 0.5) is 5.82 Å². The van der Waals surface area contributed by atoms with Crippen molar-refractivity contribution in [2.24, 2.45) is 0 Å². The highest BCUT2D eigenvalue weighted by atomic mass is 16.9. The van der Waals surface area contributed by atoms with Crippen LogP contribution in [0.2, 0.25) is 0 Å². The Morgan fingerprint density at radius 2 is 1.39 bits per heavy atom. The van der Waals surface area contributed by atoms with Crippen LogP contribution in [0.25, 0.3) is 0 Å². The molecule has 1 unspecified atom stereocenters. The molecule has 1 saturated heterocycles. The Kier molecular flexibility index (Phi) is 18.8. The maximum Gasteiger partial charge on any atom is 0.294 e. The molecule has 1 amide bonds. The number of carbonyl (C=O) groups is 1. The molecule has 1 N–H and O–H groups in total. The van der Waals surface area contributed by atoms with Gasteiger partial charge in [0.1, 0.15) is 5.82 Å². The summed E-state index contributed by atoms with van der Waals surface area (Å²) in [7, 11) is 0. The Labute approximate surface area is 248 Å². The summed E-state index contributed by atoms with van der Waals surface area (Å²) < 4.78 is 0. The highest BCUT2D eigenvalue weighted by Gasteiger charge is 2.21. The van der Waals surface area contributed by atoms with Gasteiger partial charge in [0.2, 0.25) is 0 Å². The number of anilines is 1. The molecule has 1 aliphatic rings. The van der Waals surface area contributed by atoms with Crippen molar-refractivity contribution in [3.8, 4) is 0 Å². The molecule has 0 radical (unpaired) electrons. The highest BCUT2D eigenvalue weighted by molar-refractivity contribution is 5.94. The second-order valence-electron chi connectivity index (χ2n) is 11.7. The van der Waals surface area contributed by atoms with E-state index in [1.54, 1.807) is 6.20 Å². The van der Waals surface area contributed by atoms with E-state index in [1.807, 2.05) is 12.1 Å². The molecule has 2 heterocycles. The molecule has 1 atom stereocenters. The lowest BCUT2D eigenvalue weighted by molar-refractivity contribution is -0.757. The van der Waals surface area contributed by atoms with Gasteiger partial charge in [0.25, 0.3) is 11.0 Å². The first-order chi connectivity index (χ1) is 20.0. The average Bonchev–Trinajstić information content (AvgIpc) is 2.99. The Balaban J connectivity index is 1.36. The largest absolute Gasteiger partial charge is 0.354 e. The van der Waals surface area contributed by atoms with Gasteiger partial charge in [-0.15, -0.1) is 10.1 Å². The molecule has 1 aliphatic heterocycles. The van der Waals surface area contributed by atoms with Gasteiger partial charge in [0.15, 0.2) is 0 Å². The summed E-state index contributed by atoms with van der Waals surface area (Å²) >= 11 is 0. The molecule has 9 heteroatoms. The van der Waals surface area contributed by atoms with Crippen LogP contribution in [0.15, 0.2) is 18.3 Å². The van der Waals surface area contributed by atoms with Crippen LogP contribution in [0.3, 0.4) is 0 Å². The lowest BCUT2D eigenvalue weighted by Gasteiger charge is -2.38. The molecule has 0 aromatic carbocycles. The van der Waals surface area contributed by atoms with Gasteiger partial charge >= 0.3 is 0 Å². The van der Waals surface area contributed by atoms with E-state index >= 15 is 0 Å². The van der Waals surface area contributed by atoms with Crippen molar-refractivity contribution >= 4 is 11.7 Å². The van der Waals surface area contributed by atoms with Crippen LogP contribution >= 0.6 is 0 Å². The van der Waals surface area contributed by atoms with E-state index < -0.39 is 5.09 Å². The number of piperazine rings is 1. The van der Waals surface area contributed by atoms with Crippen molar-refractivity contribution in [1.82, 2.24) is 15.2 Å². The number of carbonyl (C=O) groups excluding carboxylic acids is 1. The van der Waals surface area contributed by atoms with Crippen molar-refractivity contribution in [2.75, 3.05) is 44.2 Å². The fraction of sp³-hybridized carbons (Fsp3) is 0.812. The molecule has 0 spiro atoms. The molecule has 0 saturated carbocycles. The maximum absolute atomic E-state index is 12.5. The quantitative estimate of drug-likeness (QED) is 0.0791. The lowest BCUT2D eigenvalue weighted by Crippen LogP contribution is -2.49. The van der Waals surface area contributed by atoms with Crippen molar-refractivity contribution in [3.63, 3.8) is 0 Å². The molecular weight excluding hydrogens is 518 g/mol. The minimum absolute atomic E-state index is 0.0223. The molecule has 0 aliphatic carbocycles. The van der Waals surface area contributed by atoms with E-state index in [0.29, 0.717) is 11.6 Å². The van der Waals surface area contributed by atoms with E-state index in [-0.39, 0.29) is 12.5 Å². The van der Waals surface area contributed by atoms with E-state index in [2.05, 4.69) is 38.8 Å². The zero-order valence-corrected chi connectivity index (χ0v) is 26.0. The Morgan fingerprint density at radius 1 is 0.878 bits per heavy atom. The Morgan fingerprint density at radius 3 is 1.85 bits per heavy atom. The third kappa shape index (κ3) is 16.0. The number of hydrogen-bond acceptors (Lipinski definition) is 7. The lowest BCUT2D eigenvalue weighted by atomic mass is 10.0. The molecule has 2 rings (SSSR count). The molecule has 41 heavy (non-hydrogen) atoms. The number of unbranched alkanes of at least 4 members (excludes halogenated alkanes) is 15. The van der Waals surface area contributed by atoms with Gasteiger partial charge in [0, 0.05) is 45.0 Å². The number of rotatable bonds is 24. The van der Waals surface area contributed by atoms with Crippen LogP contribution in [0, 0.1) is 10.1 Å². The summed E-state index contributed by atoms with van der Waals surface area (Å²) in [6, 6.07) is 4.53. The Bertz CT molecular complexity index is 815.